The summed E-state index contributed by atoms with van der Waals surface area (Å²) in [6.45, 7) is 6.86. The number of nitrogens with zero attached hydrogens (tertiary/aromatic N) is 1. The summed E-state index contributed by atoms with van der Waals surface area (Å²) in [5.41, 5.74) is 2.24. The van der Waals surface area contributed by atoms with E-state index in [4.69, 9.17) is 4.74 Å². The van der Waals surface area contributed by atoms with Crippen LogP contribution in [0.15, 0.2) is 48.5 Å². The molecule has 0 saturated carbocycles. The fourth-order valence-electron chi connectivity index (χ4n) is 4.05. The SMILES string of the molecule is COc1ccc(C(=O)N[C@@H](C(=O)NC(C)C)C2CCN(C(=O)c3ccc(C)cc3)CC2)cc1. The van der Waals surface area contributed by atoms with Crippen LogP contribution in [0.1, 0.15) is 53.0 Å². The molecule has 33 heavy (non-hydrogen) atoms. The minimum Gasteiger partial charge on any atom is -0.497 e. The van der Waals surface area contributed by atoms with Crippen molar-refractivity contribution in [2.24, 2.45) is 5.92 Å². The zero-order chi connectivity index (χ0) is 24.0. The number of hydrogen-bond donors (Lipinski definition) is 2. The topological polar surface area (TPSA) is 87.7 Å². The van der Waals surface area contributed by atoms with Crippen LogP contribution in [0.3, 0.4) is 0 Å². The number of piperidine rings is 1. The Morgan fingerprint density at radius 1 is 0.909 bits per heavy atom. The molecule has 0 aliphatic carbocycles. The van der Waals surface area contributed by atoms with Crippen LogP contribution in [0.25, 0.3) is 0 Å². The highest BCUT2D eigenvalue weighted by atomic mass is 16.5. The van der Waals surface area contributed by atoms with E-state index in [0.717, 1.165) is 5.56 Å². The summed E-state index contributed by atoms with van der Waals surface area (Å²) in [5, 5.41) is 5.86. The van der Waals surface area contributed by atoms with E-state index in [9.17, 15) is 14.4 Å². The molecule has 1 aliphatic heterocycles. The third-order valence-corrected chi connectivity index (χ3v) is 5.95. The molecule has 0 bridgehead atoms. The Kier molecular flexibility index (Phi) is 8.09. The average Bonchev–Trinajstić information content (AvgIpc) is 2.82. The third-order valence-electron chi connectivity index (χ3n) is 5.95. The minimum absolute atomic E-state index is 0.00102. The quantitative estimate of drug-likeness (QED) is 0.677. The Balaban J connectivity index is 1.68. The highest BCUT2D eigenvalue weighted by Gasteiger charge is 2.34. The summed E-state index contributed by atoms with van der Waals surface area (Å²) >= 11 is 0. The van der Waals surface area contributed by atoms with E-state index >= 15 is 0 Å². The number of hydrogen-bond acceptors (Lipinski definition) is 4. The lowest BCUT2D eigenvalue weighted by atomic mass is 9.88. The lowest BCUT2D eigenvalue weighted by Gasteiger charge is -2.36. The number of rotatable bonds is 7. The number of nitrogens with one attached hydrogen (secondary N) is 2. The zero-order valence-corrected chi connectivity index (χ0v) is 19.8. The van der Waals surface area contributed by atoms with Gasteiger partial charge in [0.05, 0.1) is 7.11 Å². The molecule has 7 heteroatoms. The molecule has 0 aromatic heterocycles. The predicted molar refractivity (Wildman–Crippen MR) is 127 cm³/mol. The van der Waals surface area contributed by atoms with Crippen LogP contribution in [0, 0.1) is 12.8 Å². The van der Waals surface area contributed by atoms with E-state index in [-0.39, 0.29) is 29.7 Å². The molecule has 2 aromatic rings. The second-order valence-electron chi connectivity index (χ2n) is 8.84. The summed E-state index contributed by atoms with van der Waals surface area (Å²) in [6.07, 6.45) is 1.27. The van der Waals surface area contributed by atoms with Gasteiger partial charge in [0.25, 0.3) is 11.8 Å². The molecular weight excluding hydrogens is 418 g/mol. The third kappa shape index (κ3) is 6.34. The van der Waals surface area contributed by atoms with Crippen molar-refractivity contribution >= 4 is 17.7 Å². The van der Waals surface area contributed by atoms with Gasteiger partial charge < -0.3 is 20.3 Å². The predicted octanol–water partition coefficient (Wildman–Crippen LogP) is 3.18. The largest absolute Gasteiger partial charge is 0.497 e. The number of likely N-dealkylation sites (tertiary alicyclic amines) is 1. The van der Waals surface area contributed by atoms with Gasteiger partial charge in [-0.2, -0.15) is 0 Å². The van der Waals surface area contributed by atoms with E-state index in [0.29, 0.717) is 42.8 Å². The molecule has 0 radical (unpaired) electrons. The molecule has 7 nitrogen and oxygen atoms in total. The first-order valence-corrected chi connectivity index (χ1v) is 11.4. The molecule has 1 saturated heterocycles. The molecule has 1 heterocycles. The van der Waals surface area contributed by atoms with Crippen molar-refractivity contribution < 1.29 is 19.1 Å². The fourth-order valence-corrected chi connectivity index (χ4v) is 4.05. The van der Waals surface area contributed by atoms with Gasteiger partial charge in [-0.15, -0.1) is 0 Å². The summed E-state index contributed by atoms with van der Waals surface area (Å²) in [4.78, 5) is 40.5. The van der Waals surface area contributed by atoms with E-state index in [1.165, 1.54) is 0 Å². The van der Waals surface area contributed by atoms with E-state index in [1.807, 2.05) is 49.9 Å². The standard InChI is InChI=1S/C26H33N3O4/c1-17(2)27-25(31)23(28-24(30)20-9-11-22(33-4)12-10-20)19-13-15-29(16-14-19)26(32)21-7-5-18(3)6-8-21/h5-12,17,19,23H,13-16H2,1-4H3,(H,27,31)(H,28,30)/t23-/m1/s1. The van der Waals surface area contributed by atoms with Gasteiger partial charge in [0.15, 0.2) is 0 Å². The van der Waals surface area contributed by atoms with Crippen molar-refractivity contribution in [1.82, 2.24) is 15.5 Å². The van der Waals surface area contributed by atoms with Crippen molar-refractivity contribution in [3.05, 3.63) is 65.2 Å². The highest BCUT2D eigenvalue weighted by molar-refractivity contribution is 5.98. The Bertz CT molecular complexity index is 962. The van der Waals surface area contributed by atoms with Crippen molar-refractivity contribution in [2.45, 2.75) is 45.7 Å². The number of amides is 3. The molecule has 0 unspecified atom stereocenters. The van der Waals surface area contributed by atoms with Gasteiger partial charge in [-0.1, -0.05) is 17.7 Å². The van der Waals surface area contributed by atoms with Gasteiger partial charge in [0.1, 0.15) is 11.8 Å². The molecule has 2 aromatic carbocycles. The number of carbonyl (C=O) groups is 3. The van der Waals surface area contributed by atoms with Crippen molar-refractivity contribution in [3.8, 4) is 5.75 Å². The zero-order valence-electron chi connectivity index (χ0n) is 19.8. The van der Waals surface area contributed by atoms with Crippen molar-refractivity contribution in [1.29, 1.82) is 0 Å². The molecule has 1 aliphatic rings. The van der Waals surface area contributed by atoms with Crippen LogP contribution in [-0.2, 0) is 4.79 Å². The molecule has 2 N–H and O–H groups in total. The molecule has 176 valence electrons. The summed E-state index contributed by atoms with van der Waals surface area (Å²) < 4.78 is 5.15. The highest BCUT2D eigenvalue weighted by Crippen LogP contribution is 2.23. The maximum absolute atomic E-state index is 13.0. The number of carbonyl (C=O) groups excluding carboxylic acids is 3. The Morgan fingerprint density at radius 3 is 2.03 bits per heavy atom. The van der Waals surface area contributed by atoms with Crippen molar-refractivity contribution in [2.75, 3.05) is 20.2 Å². The van der Waals surface area contributed by atoms with E-state index in [1.54, 1.807) is 31.4 Å². The van der Waals surface area contributed by atoms with Gasteiger partial charge >= 0.3 is 0 Å². The van der Waals surface area contributed by atoms with E-state index < -0.39 is 6.04 Å². The van der Waals surface area contributed by atoms with Crippen LogP contribution < -0.4 is 15.4 Å². The summed E-state index contributed by atoms with van der Waals surface area (Å²) in [5.74, 6) is 0.0908. The number of methoxy groups -OCH3 is 1. The number of ether oxygens (including phenoxy) is 1. The van der Waals surface area contributed by atoms with Crippen LogP contribution >= 0.6 is 0 Å². The first-order valence-electron chi connectivity index (χ1n) is 11.4. The van der Waals surface area contributed by atoms with Crippen LogP contribution in [0.5, 0.6) is 5.75 Å². The smallest absolute Gasteiger partial charge is 0.253 e. The summed E-state index contributed by atoms with van der Waals surface area (Å²) in [7, 11) is 1.57. The molecule has 3 rings (SSSR count). The lowest BCUT2D eigenvalue weighted by molar-refractivity contribution is -0.125. The van der Waals surface area contributed by atoms with Gasteiger partial charge in [0.2, 0.25) is 5.91 Å². The van der Waals surface area contributed by atoms with E-state index in [2.05, 4.69) is 10.6 Å². The Labute approximate surface area is 195 Å². The van der Waals surface area contributed by atoms with Crippen LogP contribution in [0.2, 0.25) is 0 Å². The minimum atomic E-state index is -0.668. The van der Waals surface area contributed by atoms with Crippen LogP contribution in [-0.4, -0.2) is 54.9 Å². The van der Waals surface area contributed by atoms with Gasteiger partial charge in [0, 0.05) is 30.3 Å². The molecular formula is C26H33N3O4. The first kappa shape index (κ1) is 24.3. The van der Waals surface area contributed by atoms with Gasteiger partial charge in [-0.05, 0) is 75.9 Å². The fraction of sp³-hybridized carbons (Fsp3) is 0.423. The van der Waals surface area contributed by atoms with Gasteiger partial charge in [-0.25, -0.2) is 0 Å². The van der Waals surface area contributed by atoms with Crippen molar-refractivity contribution in [3.63, 3.8) is 0 Å². The molecule has 0 spiro atoms. The number of benzene rings is 2. The lowest BCUT2D eigenvalue weighted by Crippen LogP contribution is -2.54. The van der Waals surface area contributed by atoms with Gasteiger partial charge in [-0.3, -0.25) is 14.4 Å². The maximum atomic E-state index is 13.0. The first-order chi connectivity index (χ1) is 15.8. The summed E-state index contributed by atoms with van der Waals surface area (Å²) in [6, 6.07) is 13.6. The normalized spacial score (nSPS) is 15.1. The maximum Gasteiger partial charge on any atom is 0.253 e. The molecule has 1 atom stereocenters. The average molecular weight is 452 g/mol. The molecule has 3 amide bonds. The second kappa shape index (κ2) is 11.0. The Hall–Kier alpha value is -3.35. The monoisotopic (exact) mass is 451 g/mol. The Morgan fingerprint density at radius 2 is 1.48 bits per heavy atom. The number of aryl methyl sites for hydroxylation is 1. The molecule has 1 fully saturated rings. The second-order valence-corrected chi connectivity index (χ2v) is 8.84. The van der Waals surface area contributed by atoms with Crippen LogP contribution in [0.4, 0.5) is 0 Å².